The minimum Gasteiger partial charge on any atom is -0.364 e. The van der Waals surface area contributed by atoms with Crippen LogP contribution in [0.25, 0.3) is 11.3 Å². The quantitative estimate of drug-likeness (QED) is 0.420. The van der Waals surface area contributed by atoms with Gasteiger partial charge in [-0.05, 0) is 23.8 Å². The van der Waals surface area contributed by atoms with Gasteiger partial charge >= 0.3 is 12.4 Å². The Balaban J connectivity index is 2.09. The van der Waals surface area contributed by atoms with Gasteiger partial charge in [-0.15, -0.1) is 0 Å². The van der Waals surface area contributed by atoms with Crippen LogP contribution in [0.4, 0.5) is 26.3 Å². The fourth-order valence-corrected chi connectivity index (χ4v) is 3.10. The average Bonchev–Trinajstić information content (AvgIpc) is 3.14. The number of alkyl halides is 6. The summed E-state index contributed by atoms with van der Waals surface area (Å²) in [5.41, 5.74) is -2.37. The van der Waals surface area contributed by atoms with E-state index < -0.39 is 29.4 Å². The Morgan fingerprint density at radius 2 is 1.59 bits per heavy atom. The van der Waals surface area contributed by atoms with Crippen molar-refractivity contribution in [2.75, 3.05) is 13.8 Å². The molecule has 0 atom stereocenters. The molecular formula is C21H17F6N3O2. The second kappa shape index (κ2) is 9.03. The number of nitrogens with zero attached hydrogens (tertiary/aromatic N) is 2. The minimum atomic E-state index is -4.96. The smallest absolute Gasteiger partial charge is 0.364 e. The molecule has 0 saturated heterocycles. The second-order valence-corrected chi connectivity index (χ2v) is 6.79. The molecule has 11 heteroatoms. The number of aromatic nitrogens is 2. The summed E-state index contributed by atoms with van der Waals surface area (Å²) in [5, 5.41) is 2.46. The predicted molar refractivity (Wildman–Crippen MR) is 103 cm³/mol. The van der Waals surface area contributed by atoms with E-state index in [1.165, 1.54) is 18.0 Å². The lowest BCUT2D eigenvalue weighted by molar-refractivity contribution is -0.143. The Labute approximate surface area is 178 Å². The Morgan fingerprint density at radius 1 is 1.00 bits per heavy atom. The van der Waals surface area contributed by atoms with Crippen molar-refractivity contribution in [2.45, 2.75) is 18.9 Å². The summed E-state index contributed by atoms with van der Waals surface area (Å²) in [7, 11) is 1.36. The average molecular weight is 457 g/mol. The van der Waals surface area contributed by atoms with Gasteiger partial charge in [0.15, 0.2) is 5.69 Å². The first-order valence-electron chi connectivity index (χ1n) is 9.16. The molecule has 0 radical (unpaired) electrons. The van der Waals surface area contributed by atoms with Crippen molar-refractivity contribution < 1.29 is 35.9 Å². The molecule has 0 fully saturated rings. The van der Waals surface area contributed by atoms with E-state index in [4.69, 9.17) is 4.74 Å². The molecule has 2 aromatic carbocycles. The molecule has 32 heavy (non-hydrogen) atoms. The number of carbonyl (C=O) groups is 1. The van der Waals surface area contributed by atoms with Gasteiger partial charge in [0.05, 0.1) is 23.1 Å². The van der Waals surface area contributed by atoms with Gasteiger partial charge in [-0.1, -0.05) is 30.3 Å². The fourth-order valence-electron chi connectivity index (χ4n) is 3.10. The number of hydrogen-bond acceptors (Lipinski definition) is 3. The zero-order valence-corrected chi connectivity index (χ0v) is 16.6. The Hall–Kier alpha value is -3.34. The number of rotatable bonds is 6. The van der Waals surface area contributed by atoms with E-state index in [0.29, 0.717) is 17.7 Å². The molecule has 0 spiro atoms. The van der Waals surface area contributed by atoms with Crippen LogP contribution in [-0.4, -0.2) is 29.3 Å². The molecule has 3 rings (SSSR count). The SMILES string of the molecule is COCNC(=O)c1ncn(Cc2cc(C(F)(F)F)cc(C(F)(F)F)c2)c1-c1ccccc1. The molecule has 1 heterocycles. The molecule has 1 aromatic heterocycles. The van der Waals surface area contributed by atoms with E-state index in [-0.39, 0.29) is 36.3 Å². The van der Waals surface area contributed by atoms with Gasteiger partial charge in [-0.3, -0.25) is 4.79 Å². The molecule has 0 aliphatic heterocycles. The van der Waals surface area contributed by atoms with E-state index in [1.54, 1.807) is 30.3 Å². The van der Waals surface area contributed by atoms with Gasteiger partial charge in [0.2, 0.25) is 0 Å². The van der Waals surface area contributed by atoms with E-state index in [9.17, 15) is 31.1 Å². The Morgan fingerprint density at radius 3 is 2.12 bits per heavy atom. The van der Waals surface area contributed by atoms with E-state index in [1.807, 2.05) is 0 Å². The molecular weight excluding hydrogens is 440 g/mol. The van der Waals surface area contributed by atoms with Gasteiger partial charge in [0.1, 0.15) is 6.73 Å². The van der Waals surface area contributed by atoms with Gasteiger partial charge in [-0.25, -0.2) is 4.98 Å². The summed E-state index contributed by atoms with van der Waals surface area (Å²) in [6.45, 7) is -0.482. The van der Waals surface area contributed by atoms with Crippen LogP contribution in [0.5, 0.6) is 0 Å². The third-order valence-corrected chi connectivity index (χ3v) is 4.48. The molecule has 5 nitrogen and oxygen atoms in total. The second-order valence-electron chi connectivity index (χ2n) is 6.79. The highest BCUT2D eigenvalue weighted by molar-refractivity contribution is 5.98. The standard InChI is InChI=1S/C21H17F6N3O2/c1-32-12-29-19(31)17-18(14-5-3-2-4-6-14)30(11-28-17)10-13-7-15(20(22,23)24)9-16(8-13)21(25,26)27/h2-9,11H,10,12H2,1H3,(H,29,31). The normalized spacial score (nSPS) is 12.1. The van der Waals surface area contributed by atoms with Gasteiger partial charge in [0, 0.05) is 19.2 Å². The zero-order chi connectivity index (χ0) is 23.5. The lowest BCUT2D eigenvalue weighted by atomic mass is 10.0. The highest BCUT2D eigenvalue weighted by Gasteiger charge is 2.37. The first-order valence-corrected chi connectivity index (χ1v) is 9.16. The molecule has 0 unspecified atom stereocenters. The predicted octanol–water partition coefficient (Wildman–Crippen LogP) is 4.97. The summed E-state index contributed by atoms with van der Waals surface area (Å²) in [6.07, 6.45) is -8.73. The van der Waals surface area contributed by atoms with Crippen molar-refractivity contribution in [3.8, 4) is 11.3 Å². The molecule has 0 aliphatic carbocycles. The number of imidazole rings is 1. The van der Waals surface area contributed by atoms with Crippen molar-refractivity contribution in [1.29, 1.82) is 0 Å². The van der Waals surface area contributed by atoms with Crippen LogP contribution in [0.2, 0.25) is 0 Å². The highest BCUT2D eigenvalue weighted by Crippen LogP contribution is 2.37. The lowest BCUT2D eigenvalue weighted by Crippen LogP contribution is -2.26. The summed E-state index contributed by atoms with van der Waals surface area (Å²) in [4.78, 5) is 16.5. The van der Waals surface area contributed by atoms with Crippen LogP contribution < -0.4 is 5.32 Å². The lowest BCUT2D eigenvalue weighted by Gasteiger charge is -2.16. The van der Waals surface area contributed by atoms with Crippen molar-refractivity contribution in [3.05, 3.63) is 77.2 Å². The maximum Gasteiger partial charge on any atom is 0.416 e. The highest BCUT2D eigenvalue weighted by atomic mass is 19.4. The number of halogens is 6. The third kappa shape index (κ3) is 5.28. The van der Waals surface area contributed by atoms with Crippen LogP contribution in [0.1, 0.15) is 27.2 Å². The molecule has 1 amide bonds. The number of nitrogens with one attached hydrogen (secondary N) is 1. The fraction of sp³-hybridized carbons (Fsp3) is 0.238. The number of amides is 1. The van der Waals surface area contributed by atoms with Crippen LogP contribution in [0.3, 0.4) is 0 Å². The first kappa shape index (κ1) is 23.3. The van der Waals surface area contributed by atoms with Gasteiger partial charge in [0.25, 0.3) is 5.91 Å². The number of methoxy groups -OCH3 is 1. The molecule has 170 valence electrons. The largest absolute Gasteiger partial charge is 0.416 e. The van der Waals surface area contributed by atoms with E-state index >= 15 is 0 Å². The molecule has 0 bridgehead atoms. The van der Waals surface area contributed by atoms with Crippen LogP contribution in [-0.2, 0) is 23.6 Å². The number of benzene rings is 2. The van der Waals surface area contributed by atoms with Gasteiger partial charge in [-0.2, -0.15) is 26.3 Å². The van der Waals surface area contributed by atoms with Crippen molar-refractivity contribution in [2.24, 2.45) is 0 Å². The first-order chi connectivity index (χ1) is 15.0. The summed E-state index contributed by atoms with van der Waals surface area (Å²) in [5.74, 6) is -0.607. The van der Waals surface area contributed by atoms with Crippen LogP contribution in [0.15, 0.2) is 54.9 Å². The minimum absolute atomic E-state index is 0.0451. The summed E-state index contributed by atoms with van der Waals surface area (Å²) >= 11 is 0. The summed E-state index contributed by atoms with van der Waals surface area (Å²) < 4.78 is 85.3. The van der Waals surface area contributed by atoms with E-state index in [0.717, 1.165) is 0 Å². The number of carbonyl (C=O) groups excluding carboxylic acids is 1. The number of ether oxygens (including phenoxy) is 1. The molecule has 0 aliphatic rings. The zero-order valence-electron chi connectivity index (χ0n) is 16.6. The topological polar surface area (TPSA) is 56.1 Å². The van der Waals surface area contributed by atoms with Gasteiger partial charge < -0.3 is 14.6 Å². The number of hydrogen-bond donors (Lipinski definition) is 1. The summed E-state index contributed by atoms with van der Waals surface area (Å²) in [6, 6.07) is 9.73. The van der Waals surface area contributed by atoms with Crippen molar-refractivity contribution in [1.82, 2.24) is 14.9 Å². The Kier molecular flexibility index (Phi) is 6.58. The maximum atomic E-state index is 13.2. The molecule has 1 N–H and O–H groups in total. The molecule has 0 saturated carbocycles. The maximum absolute atomic E-state index is 13.2. The monoisotopic (exact) mass is 457 g/mol. The third-order valence-electron chi connectivity index (χ3n) is 4.48. The van der Waals surface area contributed by atoms with Crippen LogP contribution in [0, 0.1) is 0 Å². The van der Waals surface area contributed by atoms with Crippen molar-refractivity contribution in [3.63, 3.8) is 0 Å². The van der Waals surface area contributed by atoms with Crippen molar-refractivity contribution >= 4 is 5.91 Å². The molecule has 3 aromatic rings. The van der Waals surface area contributed by atoms with Crippen LogP contribution >= 0.6 is 0 Å². The van der Waals surface area contributed by atoms with E-state index in [2.05, 4.69) is 10.3 Å². The Bertz CT molecular complexity index is 1060.